The van der Waals surface area contributed by atoms with Crippen molar-refractivity contribution >= 4 is 11.6 Å². The predicted molar refractivity (Wildman–Crippen MR) is 94.4 cm³/mol. The van der Waals surface area contributed by atoms with E-state index in [0.717, 1.165) is 12.1 Å². The number of hydrogen-bond acceptors (Lipinski definition) is 2. The lowest BCUT2D eigenvalue weighted by Crippen LogP contribution is -2.23. The van der Waals surface area contributed by atoms with Gasteiger partial charge in [0.25, 0.3) is 11.5 Å². The smallest absolute Gasteiger partial charge is 0.261 e. The highest BCUT2D eigenvalue weighted by molar-refractivity contribution is 6.04. The molecule has 0 saturated heterocycles. The molecule has 1 amide bonds. The van der Waals surface area contributed by atoms with Crippen molar-refractivity contribution in [2.45, 2.75) is 13.3 Å². The normalized spacial score (nSPS) is 11.7. The Morgan fingerprint density at radius 3 is 2.62 bits per heavy atom. The lowest BCUT2D eigenvalue weighted by atomic mass is 10.1. The van der Waals surface area contributed by atoms with Gasteiger partial charge in [-0.25, -0.2) is 0 Å². The van der Waals surface area contributed by atoms with Crippen molar-refractivity contribution in [3.8, 4) is 11.1 Å². The lowest BCUT2D eigenvalue weighted by Gasteiger charge is -2.07. The van der Waals surface area contributed by atoms with Crippen LogP contribution in [-0.2, 0) is 6.42 Å². The van der Waals surface area contributed by atoms with E-state index < -0.39 is 5.91 Å². The van der Waals surface area contributed by atoms with E-state index in [1.165, 1.54) is 22.3 Å². The molecule has 2 N–H and O–H groups in total. The van der Waals surface area contributed by atoms with Crippen molar-refractivity contribution in [3.63, 3.8) is 0 Å². The molecule has 1 aromatic heterocycles. The van der Waals surface area contributed by atoms with E-state index in [9.17, 15) is 9.59 Å². The number of aromatic amines is 1. The van der Waals surface area contributed by atoms with Gasteiger partial charge in [0, 0.05) is 11.4 Å². The Balaban J connectivity index is 1.62. The summed E-state index contributed by atoms with van der Waals surface area (Å²) in [6.07, 6.45) is 0.861. The molecule has 2 aromatic carbocycles. The summed E-state index contributed by atoms with van der Waals surface area (Å²) >= 11 is 0. The van der Waals surface area contributed by atoms with Crippen LogP contribution in [0.5, 0.6) is 0 Å². The molecule has 1 aliphatic rings. The first-order chi connectivity index (χ1) is 11.6. The number of benzene rings is 2. The summed E-state index contributed by atoms with van der Waals surface area (Å²) in [5.41, 5.74) is 6.11. The highest BCUT2D eigenvalue weighted by atomic mass is 16.2. The van der Waals surface area contributed by atoms with Gasteiger partial charge in [-0.2, -0.15) is 0 Å². The van der Waals surface area contributed by atoms with Crippen molar-refractivity contribution in [1.82, 2.24) is 4.98 Å². The van der Waals surface area contributed by atoms with Crippen LogP contribution in [0.4, 0.5) is 5.69 Å². The zero-order valence-electron chi connectivity index (χ0n) is 13.2. The van der Waals surface area contributed by atoms with E-state index in [1.807, 2.05) is 30.3 Å². The third-order valence-corrected chi connectivity index (χ3v) is 4.35. The van der Waals surface area contributed by atoms with Crippen LogP contribution in [0, 0.1) is 6.92 Å². The lowest BCUT2D eigenvalue weighted by molar-refractivity contribution is 0.102. The van der Waals surface area contributed by atoms with Gasteiger partial charge in [0.2, 0.25) is 0 Å². The van der Waals surface area contributed by atoms with E-state index in [4.69, 9.17) is 0 Å². The summed E-state index contributed by atoms with van der Waals surface area (Å²) in [7, 11) is 0. The number of carbonyl (C=O) groups excluding carboxylic acids is 1. The maximum absolute atomic E-state index is 12.3. The molecule has 3 aromatic rings. The number of H-pyrrole nitrogens is 1. The molecule has 0 aliphatic heterocycles. The Kier molecular flexibility index (Phi) is 3.31. The topological polar surface area (TPSA) is 62.0 Å². The van der Waals surface area contributed by atoms with Gasteiger partial charge in [-0.05, 0) is 59.9 Å². The molecule has 0 bridgehead atoms. The van der Waals surface area contributed by atoms with Crippen LogP contribution in [0.25, 0.3) is 11.1 Å². The second-order valence-electron chi connectivity index (χ2n) is 6.04. The van der Waals surface area contributed by atoms with Crippen LogP contribution in [-0.4, -0.2) is 10.9 Å². The van der Waals surface area contributed by atoms with Crippen LogP contribution in [0.2, 0.25) is 0 Å². The minimum absolute atomic E-state index is 0.115. The van der Waals surface area contributed by atoms with Gasteiger partial charge in [-0.3, -0.25) is 9.59 Å². The first-order valence-corrected chi connectivity index (χ1v) is 7.84. The largest absolute Gasteiger partial charge is 0.326 e. The number of amides is 1. The van der Waals surface area contributed by atoms with Crippen LogP contribution in [0.1, 0.15) is 27.2 Å². The molecule has 4 heteroatoms. The first kappa shape index (κ1) is 14.5. The molecule has 24 heavy (non-hydrogen) atoms. The zero-order valence-corrected chi connectivity index (χ0v) is 13.2. The first-order valence-electron chi connectivity index (χ1n) is 7.84. The summed E-state index contributed by atoms with van der Waals surface area (Å²) in [5, 5.41) is 2.82. The number of pyridine rings is 1. The molecule has 0 fully saturated rings. The molecular formula is C20H16N2O2. The number of nitrogens with one attached hydrogen (secondary N) is 2. The van der Waals surface area contributed by atoms with Gasteiger partial charge < -0.3 is 10.3 Å². The maximum Gasteiger partial charge on any atom is 0.261 e. The second-order valence-corrected chi connectivity index (χ2v) is 6.04. The summed E-state index contributed by atoms with van der Waals surface area (Å²) in [4.78, 5) is 26.9. The molecule has 0 spiro atoms. The minimum atomic E-state index is -0.397. The van der Waals surface area contributed by atoms with Gasteiger partial charge >= 0.3 is 0 Å². The predicted octanol–water partition coefficient (Wildman–Crippen LogP) is 3.51. The monoisotopic (exact) mass is 316 g/mol. The van der Waals surface area contributed by atoms with Gasteiger partial charge in [0.15, 0.2) is 0 Å². The van der Waals surface area contributed by atoms with Crippen LogP contribution < -0.4 is 10.9 Å². The van der Waals surface area contributed by atoms with Crippen molar-refractivity contribution in [3.05, 3.63) is 87.3 Å². The van der Waals surface area contributed by atoms with Crippen molar-refractivity contribution < 1.29 is 4.79 Å². The third-order valence-electron chi connectivity index (χ3n) is 4.35. The second kappa shape index (κ2) is 5.49. The Morgan fingerprint density at radius 2 is 1.79 bits per heavy atom. The molecule has 118 valence electrons. The molecule has 0 unspecified atom stereocenters. The molecular weight excluding hydrogens is 300 g/mol. The van der Waals surface area contributed by atoms with Gasteiger partial charge in [-0.1, -0.05) is 30.3 Å². The summed E-state index contributed by atoms with van der Waals surface area (Å²) < 4.78 is 0. The van der Waals surface area contributed by atoms with Crippen LogP contribution >= 0.6 is 0 Å². The van der Waals surface area contributed by atoms with Crippen molar-refractivity contribution in [2.75, 3.05) is 5.32 Å². The van der Waals surface area contributed by atoms with E-state index in [-0.39, 0.29) is 11.1 Å². The average Bonchev–Trinajstić information content (AvgIpc) is 2.92. The summed E-state index contributed by atoms with van der Waals surface area (Å²) in [6.45, 7) is 1.78. The molecule has 4 rings (SSSR count). The summed E-state index contributed by atoms with van der Waals surface area (Å²) in [6, 6.07) is 17.5. The van der Waals surface area contributed by atoms with E-state index in [1.54, 1.807) is 19.1 Å². The third kappa shape index (κ3) is 2.42. The van der Waals surface area contributed by atoms with Gasteiger partial charge in [0.05, 0.1) is 0 Å². The van der Waals surface area contributed by atoms with E-state index in [2.05, 4.69) is 22.4 Å². The Bertz CT molecular complexity index is 1020. The SMILES string of the molecule is Cc1ccc(C(=O)Nc2ccc3c(c2)Cc2ccccc2-3)c(=O)[nH]1. The highest BCUT2D eigenvalue weighted by Gasteiger charge is 2.18. The van der Waals surface area contributed by atoms with Crippen molar-refractivity contribution in [1.29, 1.82) is 0 Å². The highest BCUT2D eigenvalue weighted by Crippen LogP contribution is 2.37. The molecule has 0 atom stereocenters. The number of fused-ring (bicyclic) bond motifs is 3. The Hall–Kier alpha value is -3.14. The number of carbonyl (C=O) groups is 1. The standard InChI is InChI=1S/C20H16N2O2/c1-12-6-8-18(19(23)21-12)20(24)22-15-7-9-17-14(11-15)10-13-4-2-3-5-16(13)17/h2-9,11H,10H2,1H3,(H,21,23)(H,22,24). The maximum atomic E-state index is 12.3. The fraction of sp³-hybridized carbons (Fsp3) is 0.100. The molecule has 0 saturated carbocycles. The molecule has 1 aliphatic carbocycles. The fourth-order valence-electron chi connectivity index (χ4n) is 3.17. The summed E-state index contributed by atoms with van der Waals surface area (Å²) in [5.74, 6) is -0.397. The number of hydrogen-bond donors (Lipinski definition) is 2. The van der Waals surface area contributed by atoms with Crippen LogP contribution in [0.3, 0.4) is 0 Å². The van der Waals surface area contributed by atoms with Gasteiger partial charge in [0.1, 0.15) is 5.56 Å². The van der Waals surface area contributed by atoms with E-state index >= 15 is 0 Å². The fourth-order valence-corrected chi connectivity index (χ4v) is 3.17. The minimum Gasteiger partial charge on any atom is -0.326 e. The molecule has 0 radical (unpaired) electrons. The molecule has 4 nitrogen and oxygen atoms in total. The zero-order chi connectivity index (χ0) is 16.7. The Morgan fingerprint density at radius 1 is 1.00 bits per heavy atom. The Labute approximate surface area is 139 Å². The van der Waals surface area contributed by atoms with Gasteiger partial charge in [-0.15, -0.1) is 0 Å². The van der Waals surface area contributed by atoms with Crippen molar-refractivity contribution in [2.24, 2.45) is 0 Å². The number of aryl methyl sites for hydroxylation is 1. The quantitative estimate of drug-likeness (QED) is 0.594. The van der Waals surface area contributed by atoms with Crippen LogP contribution in [0.15, 0.2) is 59.4 Å². The number of rotatable bonds is 2. The number of anilines is 1. The molecule has 1 heterocycles. The average molecular weight is 316 g/mol. The number of aromatic nitrogens is 1. The van der Waals surface area contributed by atoms with E-state index in [0.29, 0.717) is 5.69 Å².